The van der Waals surface area contributed by atoms with Crippen molar-refractivity contribution in [2.75, 3.05) is 0 Å². The number of hydrogen-bond donors (Lipinski definition) is 1. The molecule has 1 saturated carbocycles. The molecule has 1 aliphatic carbocycles. The first-order chi connectivity index (χ1) is 11.0. The van der Waals surface area contributed by atoms with Gasteiger partial charge in [0, 0.05) is 18.0 Å². The van der Waals surface area contributed by atoms with E-state index >= 15 is 0 Å². The van der Waals surface area contributed by atoms with Crippen molar-refractivity contribution in [1.29, 1.82) is 0 Å². The van der Waals surface area contributed by atoms with Gasteiger partial charge in [-0.1, -0.05) is 32.0 Å². The predicted octanol–water partition coefficient (Wildman–Crippen LogP) is 2.58. The van der Waals surface area contributed by atoms with E-state index < -0.39 is 0 Å². The second-order valence-electron chi connectivity index (χ2n) is 6.87. The number of carbonyl (C=O) groups excluding carboxylic acids is 1. The highest BCUT2D eigenvalue weighted by Gasteiger charge is 2.30. The minimum absolute atomic E-state index is 0.138. The van der Waals surface area contributed by atoms with Gasteiger partial charge in [-0.15, -0.1) is 0 Å². The zero-order chi connectivity index (χ0) is 16.6. The van der Waals surface area contributed by atoms with E-state index in [-0.39, 0.29) is 23.4 Å². The van der Waals surface area contributed by atoms with Gasteiger partial charge in [0.25, 0.3) is 11.5 Å². The molecule has 1 aliphatic rings. The second kappa shape index (κ2) is 6.14. The molecule has 122 valence electrons. The first-order valence-corrected chi connectivity index (χ1v) is 8.28. The standard InChI is InChI=1S/C18H23N3O2/c1-11(2)10-21-18(23)15-7-5-4-6-14(15)16(20-21)17(22)19-12(3)13-8-9-13/h4-7,11-13H,8-10H2,1-3H3,(H,19,22). The Morgan fingerprint density at radius 1 is 1.26 bits per heavy atom. The summed E-state index contributed by atoms with van der Waals surface area (Å²) in [4.78, 5) is 25.2. The molecule has 5 nitrogen and oxygen atoms in total. The van der Waals surface area contributed by atoms with Gasteiger partial charge in [-0.3, -0.25) is 9.59 Å². The van der Waals surface area contributed by atoms with Crippen LogP contribution in [0.25, 0.3) is 10.8 Å². The van der Waals surface area contributed by atoms with E-state index in [9.17, 15) is 9.59 Å². The molecule has 0 radical (unpaired) electrons. The molecule has 2 aromatic rings. The summed E-state index contributed by atoms with van der Waals surface area (Å²) in [6.45, 7) is 6.58. The maximum atomic E-state index is 12.7. The number of carbonyl (C=O) groups is 1. The quantitative estimate of drug-likeness (QED) is 0.923. The van der Waals surface area contributed by atoms with Crippen LogP contribution in [-0.4, -0.2) is 21.7 Å². The lowest BCUT2D eigenvalue weighted by Gasteiger charge is -2.15. The van der Waals surface area contributed by atoms with Crippen molar-refractivity contribution in [3.05, 3.63) is 40.3 Å². The molecule has 1 aromatic carbocycles. The molecule has 0 spiro atoms. The molecular formula is C18H23N3O2. The van der Waals surface area contributed by atoms with E-state index in [1.165, 1.54) is 17.5 Å². The number of hydrogen-bond acceptors (Lipinski definition) is 3. The van der Waals surface area contributed by atoms with E-state index in [2.05, 4.69) is 10.4 Å². The van der Waals surface area contributed by atoms with Crippen LogP contribution >= 0.6 is 0 Å². The van der Waals surface area contributed by atoms with Crippen molar-refractivity contribution >= 4 is 16.7 Å². The zero-order valence-electron chi connectivity index (χ0n) is 13.9. The van der Waals surface area contributed by atoms with E-state index in [0.29, 0.717) is 28.9 Å². The van der Waals surface area contributed by atoms with Crippen LogP contribution in [0.3, 0.4) is 0 Å². The fourth-order valence-corrected chi connectivity index (χ4v) is 2.86. The molecule has 1 aromatic heterocycles. The topological polar surface area (TPSA) is 64.0 Å². The van der Waals surface area contributed by atoms with Crippen LogP contribution < -0.4 is 10.9 Å². The Hall–Kier alpha value is -2.17. The molecular weight excluding hydrogens is 290 g/mol. The van der Waals surface area contributed by atoms with E-state index in [1.807, 2.05) is 32.9 Å². The molecule has 1 fully saturated rings. The number of amides is 1. The maximum Gasteiger partial charge on any atom is 0.274 e. The largest absolute Gasteiger partial charge is 0.348 e. The summed E-state index contributed by atoms with van der Waals surface area (Å²) in [6.07, 6.45) is 2.34. The number of nitrogens with zero attached hydrogens (tertiary/aromatic N) is 2. The van der Waals surface area contributed by atoms with Crippen molar-refractivity contribution in [1.82, 2.24) is 15.1 Å². The number of fused-ring (bicyclic) bond motifs is 1. The van der Waals surface area contributed by atoms with Crippen LogP contribution in [-0.2, 0) is 6.54 Å². The van der Waals surface area contributed by atoms with Gasteiger partial charge in [-0.2, -0.15) is 5.10 Å². The SMILES string of the molecule is CC(C)Cn1nc(C(=O)NC(C)C2CC2)c2ccccc2c1=O. The minimum Gasteiger partial charge on any atom is -0.348 e. The molecule has 0 aliphatic heterocycles. The summed E-state index contributed by atoms with van der Waals surface area (Å²) in [5.41, 5.74) is 0.203. The third-order valence-corrected chi connectivity index (χ3v) is 4.31. The highest BCUT2D eigenvalue weighted by Crippen LogP contribution is 2.32. The molecule has 1 atom stereocenters. The molecule has 0 saturated heterocycles. The van der Waals surface area contributed by atoms with Gasteiger partial charge < -0.3 is 5.32 Å². The Kier molecular flexibility index (Phi) is 4.20. The Bertz CT molecular complexity index is 790. The van der Waals surface area contributed by atoms with Crippen molar-refractivity contribution in [2.45, 2.75) is 46.2 Å². The van der Waals surface area contributed by atoms with Crippen LogP contribution in [0.5, 0.6) is 0 Å². The molecule has 1 unspecified atom stereocenters. The Labute approximate surface area is 135 Å². The summed E-state index contributed by atoms with van der Waals surface area (Å²) < 4.78 is 1.42. The number of aromatic nitrogens is 2. The fraction of sp³-hybridized carbons (Fsp3) is 0.500. The van der Waals surface area contributed by atoms with Crippen LogP contribution in [0.4, 0.5) is 0 Å². The fourth-order valence-electron chi connectivity index (χ4n) is 2.86. The lowest BCUT2D eigenvalue weighted by atomic mass is 10.1. The first-order valence-electron chi connectivity index (χ1n) is 8.28. The third kappa shape index (κ3) is 3.28. The van der Waals surface area contributed by atoms with Crippen LogP contribution in [0.1, 0.15) is 44.1 Å². The van der Waals surface area contributed by atoms with Gasteiger partial charge in [-0.05, 0) is 37.7 Å². The molecule has 23 heavy (non-hydrogen) atoms. The maximum absolute atomic E-state index is 12.7. The summed E-state index contributed by atoms with van der Waals surface area (Å²) in [6, 6.07) is 7.35. The lowest BCUT2D eigenvalue weighted by Crippen LogP contribution is -2.37. The predicted molar refractivity (Wildman–Crippen MR) is 90.5 cm³/mol. The summed E-state index contributed by atoms with van der Waals surface area (Å²) in [5, 5.41) is 8.57. The van der Waals surface area contributed by atoms with Gasteiger partial charge >= 0.3 is 0 Å². The van der Waals surface area contributed by atoms with Gasteiger partial charge in [0.2, 0.25) is 0 Å². The van der Waals surface area contributed by atoms with Crippen molar-refractivity contribution in [3.8, 4) is 0 Å². The molecule has 5 heteroatoms. The average molecular weight is 313 g/mol. The van der Waals surface area contributed by atoms with E-state index in [0.717, 1.165) is 0 Å². The van der Waals surface area contributed by atoms with Gasteiger partial charge in [0.15, 0.2) is 5.69 Å². The van der Waals surface area contributed by atoms with Crippen LogP contribution in [0.15, 0.2) is 29.1 Å². The van der Waals surface area contributed by atoms with Crippen molar-refractivity contribution in [3.63, 3.8) is 0 Å². The first kappa shape index (κ1) is 15.7. The second-order valence-corrected chi connectivity index (χ2v) is 6.87. The Morgan fingerprint density at radius 3 is 2.52 bits per heavy atom. The van der Waals surface area contributed by atoms with Gasteiger partial charge in [-0.25, -0.2) is 4.68 Å². The van der Waals surface area contributed by atoms with E-state index in [4.69, 9.17) is 0 Å². The van der Waals surface area contributed by atoms with Gasteiger partial charge in [0.05, 0.1) is 5.39 Å². The van der Waals surface area contributed by atoms with Crippen LogP contribution in [0.2, 0.25) is 0 Å². The zero-order valence-corrected chi connectivity index (χ0v) is 13.9. The molecule has 1 amide bonds. The number of rotatable bonds is 5. The third-order valence-electron chi connectivity index (χ3n) is 4.31. The highest BCUT2D eigenvalue weighted by atomic mass is 16.2. The summed E-state index contributed by atoms with van der Waals surface area (Å²) >= 11 is 0. The highest BCUT2D eigenvalue weighted by molar-refractivity contribution is 6.04. The number of benzene rings is 1. The van der Waals surface area contributed by atoms with Crippen molar-refractivity contribution < 1.29 is 4.79 Å². The monoisotopic (exact) mass is 313 g/mol. The average Bonchev–Trinajstić information content (AvgIpc) is 3.34. The van der Waals surface area contributed by atoms with Crippen LogP contribution in [0, 0.1) is 11.8 Å². The molecule has 1 N–H and O–H groups in total. The normalized spacial score (nSPS) is 15.8. The summed E-state index contributed by atoms with van der Waals surface area (Å²) in [5.74, 6) is 0.660. The number of nitrogens with one attached hydrogen (secondary N) is 1. The lowest BCUT2D eigenvalue weighted by molar-refractivity contribution is 0.0930. The van der Waals surface area contributed by atoms with Gasteiger partial charge in [0.1, 0.15) is 0 Å². The molecule has 1 heterocycles. The molecule has 0 bridgehead atoms. The molecule has 3 rings (SSSR count). The minimum atomic E-state index is -0.196. The van der Waals surface area contributed by atoms with E-state index in [1.54, 1.807) is 12.1 Å². The summed E-state index contributed by atoms with van der Waals surface area (Å²) in [7, 11) is 0. The Balaban J connectivity index is 2.05. The Morgan fingerprint density at radius 2 is 1.91 bits per heavy atom. The van der Waals surface area contributed by atoms with Crippen molar-refractivity contribution in [2.24, 2.45) is 11.8 Å². The smallest absolute Gasteiger partial charge is 0.274 e.